The molecule has 0 aliphatic carbocycles. The Labute approximate surface area is 115 Å². The molecule has 0 fully saturated rings. The predicted octanol–water partition coefficient (Wildman–Crippen LogP) is 3.81. The minimum absolute atomic E-state index is 0.166. The van der Waals surface area contributed by atoms with Crippen LogP contribution in [0.25, 0.3) is 0 Å². The molecule has 0 spiro atoms. The van der Waals surface area contributed by atoms with Crippen molar-refractivity contribution in [3.63, 3.8) is 0 Å². The van der Waals surface area contributed by atoms with Crippen LogP contribution in [0.1, 0.15) is 43.0 Å². The van der Waals surface area contributed by atoms with Gasteiger partial charge in [-0.1, -0.05) is 37.8 Å². The lowest BCUT2D eigenvalue weighted by molar-refractivity contribution is 0.0952. The molecule has 94 valence electrons. The Morgan fingerprint density at radius 3 is 2.94 bits per heavy atom. The largest absolute Gasteiger partial charge is 0.352 e. The van der Waals surface area contributed by atoms with Crippen molar-refractivity contribution in [3.05, 3.63) is 27.5 Å². The highest BCUT2D eigenvalue weighted by Crippen LogP contribution is 2.17. The Hall–Kier alpha value is -0.610. The van der Waals surface area contributed by atoms with E-state index in [9.17, 15) is 4.79 Å². The van der Waals surface area contributed by atoms with Crippen LogP contribution in [0.5, 0.6) is 0 Å². The van der Waals surface area contributed by atoms with Gasteiger partial charge in [0.2, 0.25) is 0 Å². The van der Waals surface area contributed by atoms with E-state index in [1.807, 2.05) is 0 Å². The first-order valence-corrected chi connectivity index (χ1v) is 6.91. The average Bonchev–Trinajstić information content (AvgIpc) is 2.32. The molecule has 1 amide bonds. The van der Waals surface area contributed by atoms with E-state index in [-0.39, 0.29) is 11.1 Å². The number of nitrogens with zero attached hydrogens (tertiary/aromatic N) is 1. The minimum atomic E-state index is -0.166. The van der Waals surface area contributed by atoms with Crippen LogP contribution < -0.4 is 5.32 Å². The van der Waals surface area contributed by atoms with Crippen molar-refractivity contribution in [2.45, 2.75) is 32.6 Å². The number of carbonyl (C=O) groups is 1. The van der Waals surface area contributed by atoms with Crippen LogP contribution in [-0.2, 0) is 0 Å². The van der Waals surface area contributed by atoms with Gasteiger partial charge in [0.15, 0.2) is 0 Å². The zero-order valence-electron chi connectivity index (χ0n) is 9.80. The van der Waals surface area contributed by atoms with Crippen molar-refractivity contribution in [2.24, 2.45) is 0 Å². The highest BCUT2D eigenvalue weighted by Gasteiger charge is 2.11. The summed E-state index contributed by atoms with van der Waals surface area (Å²) >= 11 is 9.13. The normalized spacial score (nSPS) is 10.3. The fourth-order valence-electron chi connectivity index (χ4n) is 1.43. The van der Waals surface area contributed by atoms with E-state index in [4.69, 9.17) is 11.6 Å². The van der Waals surface area contributed by atoms with Crippen LogP contribution >= 0.6 is 27.5 Å². The van der Waals surface area contributed by atoms with Crippen molar-refractivity contribution >= 4 is 33.4 Å². The standard InChI is InChI=1S/C12H16BrClN2O/c1-2-3-4-5-6-15-12(17)10-7-9(13)8-16-11(10)14/h7-8H,2-6H2,1H3,(H,15,17). The third-order valence-corrected chi connectivity index (χ3v) is 3.10. The third kappa shape index (κ3) is 5.04. The van der Waals surface area contributed by atoms with Gasteiger partial charge in [0, 0.05) is 17.2 Å². The molecule has 0 unspecified atom stereocenters. The Balaban J connectivity index is 2.44. The first kappa shape index (κ1) is 14.5. The van der Waals surface area contributed by atoms with Crippen LogP contribution in [0, 0.1) is 0 Å². The number of pyridine rings is 1. The van der Waals surface area contributed by atoms with E-state index < -0.39 is 0 Å². The molecule has 17 heavy (non-hydrogen) atoms. The lowest BCUT2D eigenvalue weighted by Gasteiger charge is -2.06. The Morgan fingerprint density at radius 1 is 1.47 bits per heavy atom. The van der Waals surface area contributed by atoms with Gasteiger partial charge in [-0.05, 0) is 28.4 Å². The molecule has 1 aromatic heterocycles. The van der Waals surface area contributed by atoms with Crippen molar-refractivity contribution < 1.29 is 4.79 Å². The minimum Gasteiger partial charge on any atom is -0.352 e. The van der Waals surface area contributed by atoms with Gasteiger partial charge in [-0.25, -0.2) is 4.98 Å². The van der Waals surface area contributed by atoms with Crippen molar-refractivity contribution in [3.8, 4) is 0 Å². The molecule has 0 atom stereocenters. The van der Waals surface area contributed by atoms with E-state index in [0.717, 1.165) is 17.3 Å². The first-order valence-electron chi connectivity index (χ1n) is 5.74. The summed E-state index contributed by atoms with van der Waals surface area (Å²) in [5.74, 6) is -0.166. The van der Waals surface area contributed by atoms with Gasteiger partial charge < -0.3 is 5.32 Å². The lowest BCUT2D eigenvalue weighted by atomic mass is 10.2. The molecule has 0 aromatic carbocycles. The van der Waals surface area contributed by atoms with Crippen molar-refractivity contribution in [1.29, 1.82) is 0 Å². The van der Waals surface area contributed by atoms with Crippen molar-refractivity contribution in [2.75, 3.05) is 6.54 Å². The first-order chi connectivity index (χ1) is 8.15. The van der Waals surface area contributed by atoms with Crippen LogP contribution in [0.4, 0.5) is 0 Å². The summed E-state index contributed by atoms with van der Waals surface area (Å²) in [6.07, 6.45) is 6.10. The molecule has 1 aromatic rings. The Bertz CT molecular complexity index is 385. The quantitative estimate of drug-likeness (QED) is 0.640. The summed E-state index contributed by atoms with van der Waals surface area (Å²) < 4.78 is 0.748. The molecular formula is C12H16BrClN2O. The smallest absolute Gasteiger partial charge is 0.254 e. The van der Waals surface area contributed by atoms with E-state index in [1.54, 1.807) is 12.3 Å². The van der Waals surface area contributed by atoms with Crippen LogP contribution in [-0.4, -0.2) is 17.4 Å². The average molecular weight is 320 g/mol. The molecule has 0 bridgehead atoms. The number of carbonyl (C=O) groups excluding carboxylic acids is 1. The van der Waals surface area contributed by atoms with Gasteiger partial charge in [0.05, 0.1) is 5.56 Å². The highest BCUT2D eigenvalue weighted by molar-refractivity contribution is 9.10. The molecular weight excluding hydrogens is 304 g/mol. The molecule has 0 aliphatic rings. The molecule has 1 heterocycles. The number of rotatable bonds is 6. The summed E-state index contributed by atoms with van der Waals surface area (Å²) in [5.41, 5.74) is 0.413. The number of hydrogen-bond acceptors (Lipinski definition) is 2. The Morgan fingerprint density at radius 2 is 2.24 bits per heavy atom. The number of halogens is 2. The Kier molecular flexibility index (Phi) is 6.52. The number of aromatic nitrogens is 1. The lowest BCUT2D eigenvalue weighted by Crippen LogP contribution is -2.25. The van der Waals surface area contributed by atoms with Gasteiger partial charge in [-0.15, -0.1) is 0 Å². The zero-order chi connectivity index (χ0) is 12.7. The SMILES string of the molecule is CCCCCCNC(=O)c1cc(Br)cnc1Cl. The van der Waals surface area contributed by atoms with Crippen LogP contribution in [0.2, 0.25) is 5.15 Å². The molecule has 0 radical (unpaired) electrons. The number of hydrogen-bond donors (Lipinski definition) is 1. The molecule has 1 rings (SSSR count). The summed E-state index contributed by atoms with van der Waals surface area (Å²) in [5, 5.41) is 3.08. The second kappa shape index (κ2) is 7.67. The summed E-state index contributed by atoms with van der Waals surface area (Å²) in [6.45, 7) is 2.84. The molecule has 0 aliphatic heterocycles. The third-order valence-electron chi connectivity index (χ3n) is 2.37. The van der Waals surface area contributed by atoms with Gasteiger partial charge in [-0.3, -0.25) is 4.79 Å². The van der Waals surface area contributed by atoms with Crippen molar-refractivity contribution in [1.82, 2.24) is 10.3 Å². The fourth-order valence-corrected chi connectivity index (χ4v) is 1.95. The van der Waals surface area contributed by atoms with Gasteiger partial charge in [0.25, 0.3) is 5.91 Å². The molecule has 1 N–H and O–H groups in total. The summed E-state index contributed by atoms with van der Waals surface area (Å²) in [4.78, 5) is 15.7. The van der Waals surface area contributed by atoms with E-state index in [2.05, 4.69) is 33.2 Å². The van der Waals surface area contributed by atoms with Crippen LogP contribution in [0.15, 0.2) is 16.7 Å². The van der Waals surface area contributed by atoms with E-state index in [0.29, 0.717) is 12.1 Å². The van der Waals surface area contributed by atoms with Gasteiger partial charge >= 0.3 is 0 Å². The zero-order valence-corrected chi connectivity index (χ0v) is 12.1. The second-order valence-electron chi connectivity index (χ2n) is 3.81. The summed E-state index contributed by atoms with van der Waals surface area (Å²) in [6, 6.07) is 1.68. The van der Waals surface area contributed by atoms with Gasteiger partial charge in [-0.2, -0.15) is 0 Å². The maximum absolute atomic E-state index is 11.8. The molecule has 3 nitrogen and oxygen atoms in total. The maximum Gasteiger partial charge on any atom is 0.254 e. The fraction of sp³-hybridized carbons (Fsp3) is 0.500. The second-order valence-corrected chi connectivity index (χ2v) is 5.08. The number of unbranched alkanes of at least 4 members (excludes halogenated alkanes) is 3. The number of amides is 1. The predicted molar refractivity (Wildman–Crippen MR) is 73.4 cm³/mol. The monoisotopic (exact) mass is 318 g/mol. The van der Waals surface area contributed by atoms with Crippen LogP contribution in [0.3, 0.4) is 0 Å². The van der Waals surface area contributed by atoms with E-state index >= 15 is 0 Å². The van der Waals surface area contributed by atoms with E-state index in [1.165, 1.54) is 12.8 Å². The number of nitrogens with one attached hydrogen (secondary N) is 1. The molecule has 0 saturated heterocycles. The maximum atomic E-state index is 11.8. The topological polar surface area (TPSA) is 42.0 Å². The van der Waals surface area contributed by atoms with Gasteiger partial charge in [0.1, 0.15) is 5.15 Å². The molecule has 0 saturated carbocycles. The summed E-state index contributed by atoms with van der Waals surface area (Å²) in [7, 11) is 0. The highest BCUT2D eigenvalue weighted by atomic mass is 79.9. The molecule has 5 heteroatoms.